The molecule has 1 aromatic heterocycles. The number of hydrogen-bond acceptors (Lipinski definition) is 5. The van der Waals surface area contributed by atoms with Crippen molar-refractivity contribution >= 4 is 21.6 Å². The van der Waals surface area contributed by atoms with Crippen LogP contribution < -0.4 is 9.47 Å². The van der Waals surface area contributed by atoms with Gasteiger partial charge in [-0.25, -0.2) is 8.42 Å². The van der Waals surface area contributed by atoms with Gasteiger partial charge in [0.25, 0.3) is 0 Å². The Morgan fingerprint density at radius 1 is 1.15 bits per heavy atom. The predicted octanol–water partition coefficient (Wildman–Crippen LogP) is 3.10. The molecule has 2 aliphatic heterocycles. The molecule has 0 N–H and O–H groups in total. The molecule has 7 nitrogen and oxygen atoms in total. The van der Waals surface area contributed by atoms with E-state index in [1.165, 1.54) is 0 Å². The molecule has 0 atom stereocenters. The zero-order valence-corrected chi connectivity index (χ0v) is 16.9. The number of fused-ring (bicyclic) bond motifs is 1. The van der Waals surface area contributed by atoms with E-state index in [-0.39, 0.29) is 6.79 Å². The summed E-state index contributed by atoms with van der Waals surface area (Å²) in [6.07, 6.45) is 2.89. The zero-order valence-electron chi connectivity index (χ0n) is 15.4. The number of rotatable bonds is 4. The van der Waals surface area contributed by atoms with Gasteiger partial charge in [-0.1, -0.05) is 18.0 Å². The second-order valence-corrected chi connectivity index (χ2v) is 9.22. The van der Waals surface area contributed by atoms with Crippen molar-refractivity contribution in [2.45, 2.75) is 44.6 Å². The van der Waals surface area contributed by atoms with Crippen molar-refractivity contribution in [3.8, 4) is 11.5 Å². The Morgan fingerprint density at radius 2 is 1.89 bits per heavy atom. The first-order chi connectivity index (χ1) is 12.9. The van der Waals surface area contributed by atoms with E-state index in [0.717, 1.165) is 24.8 Å². The number of ether oxygens (including phenoxy) is 2. The Morgan fingerprint density at radius 3 is 2.63 bits per heavy atom. The number of nitrogens with zero attached hydrogens (tertiary/aromatic N) is 3. The lowest BCUT2D eigenvalue weighted by Gasteiger charge is -2.26. The Bertz CT molecular complexity index is 981. The number of benzene rings is 1. The fraction of sp³-hybridized carbons (Fsp3) is 0.500. The highest BCUT2D eigenvalue weighted by Gasteiger charge is 2.31. The van der Waals surface area contributed by atoms with Crippen molar-refractivity contribution in [3.05, 3.63) is 34.1 Å². The smallest absolute Gasteiger partial charge is 0.246 e. The molecular formula is C18H22ClN3O4S. The quantitative estimate of drug-likeness (QED) is 0.772. The van der Waals surface area contributed by atoms with E-state index in [4.69, 9.17) is 21.1 Å². The fourth-order valence-electron chi connectivity index (χ4n) is 3.73. The molecule has 0 bridgehead atoms. The number of piperidine rings is 1. The van der Waals surface area contributed by atoms with Crippen LogP contribution in [0.3, 0.4) is 0 Å². The summed E-state index contributed by atoms with van der Waals surface area (Å²) in [6.45, 7) is 5.24. The van der Waals surface area contributed by atoms with Crippen LogP contribution in [0.25, 0.3) is 0 Å². The normalized spacial score (nSPS) is 17.4. The van der Waals surface area contributed by atoms with Crippen LogP contribution in [0.1, 0.15) is 36.2 Å². The molecule has 0 aliphatic carbocycles. The van der Waals surface area contributed by atoms with E-state index in [2.05, 4.69) is 5.10 Å². The molecule has 146 valence electrons. The minimum absolute atomic E-state index is 0.149. The second kappa shape index (κ2) is 7.00. The topological polar surface area (TPSA) is 73.7 Å². The Kier molecular flexibility index (Phi) is 4.82. The highest BCUT2D eigenvalue weighted by Crippen LogP contribution is 2.40. The van der Waals surface area contributed by atoms with Gasteiger partial charge in [0.15, 0.2) is 11.5 Å². The number of aryl methyl sites for hydroxylation is 1. The summed E-state index contributed by atoms with van der Waals surface area (Å²) >= 11 is 6.25. The lowest BCUT2D eigenvalue weighted by atomic mass is 10.2. The number of sulfonamides is 1. The van der Waals surface area contributed by atoms with Gasteiger partial charge < -0.3 is 9.47 Å². The molecule has 4 rings (SSSR count). The summed E-state index contributed by atoms with van der Waals surface area (Å²) in [5.74, 6) is 1.14. The van der Waals surface area contributed by atoms with Gasteiger partial charge >= 0.3 is 0 Å². The van der Waals surface area contributed by atoms with Crippen LogP contribution in [0.4, 0.5) is 0 Å². The molecule has 3 heterocycles. The highest BCUT2D eigenvalue weighted by molar-refractivity contribution is 7.89. The van der Waals surface area contributed by atoms with Crippen LogP contribution in [-0.2, 0) is 16.6 Å². The number of hydrogen-bond donors (Lipinski definition) is 0. The summed E-state index contributed by atoms with van der Waals surface area (Å²) in [5, 5.41) is 4.96. The molecule has 0 unspecified atom stereocenters. The van der Waals surface area contributed by atoms with E-state index in [0.29, 0.717) is 52.4 Å². The third kappa shape index (κ3) is 3.30. The van der Waals surface area contributed by atoms with Gasteiger partial charge in [0, 0.05) is 13.1 Å². The summed E-state index contributed by atoms with van der Waals surface area (Å²) in [5.41, 5.74) is 2.02. The summed E-state index contributed by atoms with van der Waals surface area (Å²) in [7, 11) is -3.53. The van der Waals surface area contributed by atoms with Crippen molar-refractivity contribution in [2.24, 2.45) is 0 Å². The zero-order chi connectivity index (χ0) is 19.2. The van der Waals surface area contributed by atoms with Crippen LogP contribution in [0.15, 0.2) is 17.0 Å². The maximum absolute atomic E-state index is 13.1. The average Bonchev–Trinajstić information content (AvgIpc) is 3.21. The third-order valence-electron chi connectivity index (χ3n) is 5.05. The van der Waals surface area contributed by atoms with Crippen LogP contribution in [-0.4, -0.2) is 42.4 Å². The van der Waals surface area contributed by atoms with Crippen molar-refractivity contribution in [1.29, 1.82) is 0 Å². The van der Waals surface area contributed by atoms with Gasteiger partial charge in [0.2, 0.25) is 16.8 Å². The monoisotopic (exact) mass is 411 g/mol. The molecule has 1 fully saturated rings. The summed E-state index contributed by atoms with van der Waals surface area (Å²) in [4.78, 5) is 0.316. The Balaban J connectivity index is 1.66. The molecule has 0 radical (unpaired) electrons. The van der Waals surface area contributed by atoms with Crippen LogP contribution in [0, 0.1) is 13.8 Å². The van der Waals surface area contributed by atoms with Crippen LogP contribution >= 0.6 is 11.6 Å². The van der Waals surface area contributed by atoms with E-state index in [1.54, 1.807) is 28.9 Å². The van der Waals surface area contributed by atoms with Gasteiger partial charge in [-0.15, -0.1) is 0 Å². The SMILES string of the molecule is Cc1nn(Cc2cc(Cl)c3c(c2)OCO3)c(C)c1S(=O)(=O)N1CCCCC1. The minimum atomic E-state index is -3.53. The summed E-state index contributed by atoms with van der Waals surface area (Å²) < 4.78 is 40.3. The minimum Gasteiger partial charge on any atom is -0.454 e. The molecule has 1 aromatic carbocycles. The number of aromatic nitrogens is 2. The standard InChI is InChI=1S/C18H22ClN3O4S/c1-12-18(27(23,24)21-6-4-3-5-7-21)13(2)22(20-12)10-14-8-15(19)17-16(9-14)25-11-26-17/h8-9H,3-7,10-11H2,1-2H3. The molecular weight excluding hydrogens is 390 g/mol. The lowest BCUT2D eigenvalue weighted by Crippen LogP contribution is -2.36. The van der Waals surface area contributed by atoms with Gasteiger partial charge in [-0.3, -0.25) is 4.68 Å². The number of halogens is 1. The van der Waals surface area contributed by atoms with Crippen molar-refractivity contribution < 1.29 is 17.9 Å². The largest absolute Gasteiger partial charge is 0.454 e. The van der Waals surface area contributed by atoms with Crippen LogP contribution in [0.5, 0.6) is 11.5 Å². The maximum Gasteiger partial charge on any atom is 0.246 e. The average molecular weight is 412 g/mol. The third-order valence-corrected chi connectivity index (χ3v) is 7.48. The molecule has 9 heteroatoms. The second-order valence-electron chi connectivity index (χ2n) is 6.93. The molecule has 2 aliphatic rings. The molecule has 2 aromatic rings. The first kappa shape index (κ1) is 18.6. The maximum atomic E-state index is 13.1. The van der Waals surface area contributed by atoms with E-state index in [9.17, 15) is 8.42 Å². The van der Waals surface area contributed by atoms with Gasteiger partial charge in [0.1, 0.15) is 4.90 Å². The predicted molar refractivity (Wildman–Crippen MR) is 101 cm³/mol. The Labute approximate surface area is 163 Å². The molecule has 0 saturated carbocycles. The summed E-state index contributed by atoms with van der Waals surface area (Å²) in [6, 6.07) is 3.65. The van der Waals surface area contributed by atoms with Crippen molar-refractivity contribution in [3.63, 3.8) is 0 Å². The molecule has 0 spiro atoms. The first-order valence-electron chi connectivity index (χ1n) is 9.00. The van der Waals surface area contributed by atoms with Crippen molar-refractivity contribution in [2.75, 3.05) is 19.9 Å². The lowest BCUT2D eigenvalue weighted by molar-refractivity contribution is 0.174. The fourth-order valence-corrected chi connectivity index (χ4v) is 5.90. The Hall–Kier alpha value is -1.77. The van der Waals surface area contributed by atoms with E-state index >= 15 is 0 Å². The van der Waals surface area contributed by atoms with Gasteiger partial charge in [-0.2, -0.15) is 9.40 Å². The molecule has 1 saturated heterocycles. The van der Waals surface area contributed by atoms with E-state index in [1.807, 2.05) is 6.07 Å². The van der Waals surface area contributed by atoms with E-state index < -0.39 is 10.0 Å². The van der Waals surface area contributed by atoms with Crippen LogP contribution in [0.2, 0.25) is 5.02 Å². The first-order valence-corrected chi connectivity index (χ1v) is 10.8. The van der Waals surface area contributed by atoms with Gasteiger partial charge in [-0.05, 0) is 44.4 Å². The molecule has 0 amide bonds. The molecule has 27 heavy (non-hydrogen) atoms. The van der Waals surface area contributed by atoms with Gasteiger partial charge in [0.05, 0.1) is 23.0 Å². The highest BCUT2D eigenvalue weighted by atomic mass is 35.5. The van der Waals surface area contributed by atoms with Crippen molar-refractivity contribution in [1.82, 2.24) is 14.1 Å².